The Hall–Kier alpha value is -2.09. The van der Waals surface area contributed by atoms with Crippen LogP contribution in [-0.4, -0.2) is 25.1 Å². The van der Waals surface area contributed by atoms with Gasteiger partial charge in [0.25, 0.3) is 10.0 Å². The Morgan fingerprint density at radius 2 is 2.11 bits per heavy atom. The molecular formula is C11H14N4O3S. The molecule has 0 aromatic carbocycles. The fourth-order valence-electron chi connectivity index (χ4n) is 1.47. The van der Waals surface area contributed by atoms with E-state index in [-0.39, 0.29) is 10.7 Å². The van der Waals surface area contributed by atoms with Gasteiger partial charge in [0.05, 0.1) is 4.90 Å². The molecule has 0 bridgehead atoms. The van der Waals surface area contributed by atoms with Gasteiger partial charge in [-0.1, -0.05) is 5.16 Å². The van der Waals surface area contributed by atoms with Crippen LogP contribution in [0.5, 0.6) is 0 Å². The first-order valence-electron chi connectivity index (χ1n) is 5.67. The third-order valence-corrected chi connectivity index (χ3v) is 3.62. The average molecular weight is 282 g/mol. The van der Waals surface area contributed by atoms with E-state index in [1.807, 2.05) is 6.92 Å². The molecule has 0 unspecified atom stereocenters. The fraction of sp³-hybridized carbons (Fsp3) is 0.273. The lowest BCUT2D eigenvalue weighted by molar-refractivity contribution is 0.400. The van der Waals surface area contributed by atoms with E-state index in [4.69, 9.17) is 4.52 Å². The third-order valence-electron chi connectivity index (χ3n) is 2.27. The molecule has 8 heteroatoms. The molecule has 2 aromatic heterocycles. The molecule has 0 amide bonds. The molecule has 0 spiro atoms. The quantitative estimate of drug-likeness (QED) is 0.864. The summed E-state index contributed by atoms with van der Waals surface area (Å²) in [5, 5.41) is 6.54. The fourth-order valence-corrected chi connectivity index (χ4v) is 2.46. The summed E-state index contributed by atoms with van der Waals surface area (Å²) < 4.78 is 31.4. The van der Waals surface area contributed by atoms with Gasteiger partial charge >= 0.3 is 0 Å². The molecule has 2 N–H and O–H groups in total. The summed E-state index contributed by atoms with van der Waals surface area (Å²) in [6, 6.07) is 4.37. The van der Waals surface area contributed by atoms with E-state index < -0.39 is 10.0 Å². The summed E-state index contributed by atoms with van der Waals surface area (Å²) in [6.45, 7) is 4.24. The molecule has 7 nitrogen and oxygen atoms in total. The van der Waals surface area contributed by atoms with Crippen LogP contribution in [0.1, 0.15) is 12.7 Å². The van der Waals surface area contributed by atoms with Gasteiger partial charge in [-0.2, -0.15) is 0 Å². The predicted molar refractivity (Wildman–Crippen MR) is 70.4 cm³/mol. The van der Waals surface area contributed by atoms with Crippen LogP contribution >= 0.6 is 0 Å². The number of nitrogens with zero attached hydrogens (tertiary/aromatic N) is 2. The van der Waals surface area contributed by atoms with Crippen molar-refractivity contribution in [3.05, 3.63) is 30.2 Å². The topological polar surface area (TPSA) is 97.1 Å². The zero-order chi connectivity index (χ0) is 13.9. The second-order valence-electron chi connectivity index (χ2n) is 3.84. The van der Waals surface area contributed by atoms with Crippen molar-refractivity contribution in [3.63, 3.8) is 0 Å². The summed E-state index contributed by atoms with van der Waals surface area (Å²) in [5.41, 5.74) is 0. The van der Waals surface area contributed by atoms with Crippen LogP contribution in [-0.2, 0) is 10.0 Å². The van der Waals surface area contributed by atoms with Crippen LogP contribution in [0.4, 0.5) is 11.6 Å². The number of pyridine rings is 1. The van der Waals surface area contributed by atoms with Crippen molar-refractivity contribution in [2.45, 2.75) is 18.7 Å². The smallest absolute Gasteiger partial charge is 0.263 e. The molecule has 0 aliphatic carbocycles. The number of hydrogen-bond donors (Lipinski definition) is 2. The number of rotatable bonds is 5. The molecular weight excluding hydrogens is 268 g/mol. The van der Waals surface area contributed by atoms with Gasteiger partial charge in [0.2, 0.25) is 0 Å². The van der Waals surface area contributed by atoms with E-state index in [1.54, 1.807) is 6.92 Å². The van der Waals surface area contributed by atoms with Gasteiger partial charge in [-0.25, -0.2) is 13.4 Å². The van der Waals surface area contributed by atoms with Gasteiger partial charge in [-0.3, -0.25) is 4.72 Å². The summed E-state index contributed by atoms with van der Waals surface area (Å²) in [6.07, 6.45) is 1.43. The normalized spacial score (nSPS) is 11.3. The minimum absolute atomic E-state index is 0.110. The molecule has 0 saturated carbocycles. The molecule has 2 heterocycles. The van der Waals surface area contributed by atoms with Crippen LogP contribution in [0.15, 0.2) is 33.8 Å². The summed E-state index contributed by atoms with van der Waals surface area (Å²) in [5.74, 6) is 1.18. The standard InChI is InChI=1S/C11H14N4O3S/c1-3-12-10-7-9(4-5-13-10)19(16,17)15-11-6-8(2)18-14-11/h4-7H,3H2,1-2H3,(H,12,13)(H,14,15). The first-order chi connectivity index (χ1) is 9.01. The number of hydrogen-bond acceptors (Lipinski definition) is 6. The van der Waals surface area contributed by atoms with Crippen molar-refractivity contribution in [2.24, 2.45) is 0 Å². The first-order valence-corrected chi connectivity index (χ1v) is 7.15. The van der Waals surface area contributed by atoms with Crippen molar-refractivity contribution in [1.29, 1.82) is 0 Å². The number of sulfonamides is 1. The molecule has 19 heavy (non-hydrogen) atoms. The number of aryl methyl sites for hydroxylation is 1. The molecule has 0 atom stereocenters. The van der Waals surface area contributed by atoms with Crippen molar-refractivity contribution in [3.8, 4) is 0 Å². The lowest BCUT2D eigenvalue weighted by Crippen LogP contribution is -2.13. The van der Waals surface area contributed by atoms with E-state index in [9.17, 15) is 8.42 Å². The number of anilines is 2. The highest BCUT2D eigenvalue weighted by molar-refractivity contribution is 7.92. The minimum Gasteiger partial charge on any atom is -0.370 e. The van der Waals surface area contributed by atoms with Crippen molar-refractivity contribution in [1.82, 2.24) is 10.1 Å². The predicted octanol–water partition coefficient (Wildman–Crippen LogP) is 1.61. The van der Waals surface area contributed by atoms with Crippen LogP contribution in [0.25, 0.3) is 0 Å². The van der Waals surface area contributed by atoms with Gasteiger partial charge in [-0.05, 0) is 19.9 Å². The Labute approximate surface area is 111 Å². The average Bonchev–Trinajstić information content (AvgIpc) is 2.75. The summed E-state index contributed by atoms with van der Waals surface area (Å²) >= 11 is 0. The first kappa shape index (κ1) is 13.3. The maximum atomic E-state index is 12.1. The SMILES string of the molecule is CCNc1cc(S(=O)(=O)Nc2cc(C)on2)ccn1. The molecule has 0 aliphatic heterocycles. The lowest BCUT2D eigenvalue weighted by atomic mass is 10.4. The Morgan fingerprint density at radius 1 is 1.32 bits per heavy atom. The van der Waals surface area contributed by atoms with Crippen LogP contribution in [0, 0.1) is 6.92 Å². The molecule has 0 aliphatic rings. The Balaban J connectivity index is 2.26. The summed E-state index contributed by atoms with van der Waals surface area (Å²) in [4.78, 5) is 4.13. The van der Waals surface area contributed by atoms with Gasteiger partial charge in [-0.15, -0.1) is 0 Å². The maximum absolute atomic E-state index is 12.1. The van der Waals surface area contributed by atoms with Crippen LogP contribution in [0.2, 0.25) is 0 Å². The zero-order valence-corrected chi connectivity index (χ0v) is 11.4. The molecule has 102 valence electrons. The van der Waals surface area contributed by atoms with E-state index in [2.05, 4.69) is 20.2 Å². The van der Waals surface area contributed by atoms with Gasteiger partial charge in [0.1, 0.15) is 11.6 Å². The monoisotopic (exact) mass is 282 g/mol. The van der Waals surface area contributed by atoms with Crippen molar-refractivity contribution in [2.75, 3.05) is 16.6 Å². The Kier molecular flexibility index (Phi) is 3.70. The van der Waals surface area contributed by atoms with E-state index in [1.165, 1.54) is 24.4 Å². The highest BCUT2D eigenvalue weighted by Gasteiger charge is 2.16. The van der Waals surface area contributed by atoms with Crippen LogP contribution in [0.3, 0.4) is 0 Å². The lowest BCUT2D eigenvalue weighted by Gasteiger charge is -2.07. The Morgan fingerprint density at radius 3 is 2.74 bits per heavy atom. The third kappa shape index (κ3) is 3.22. The van der Waals surface area contributed by atoms with Gasteiger partial charge in [0, 0.05) is 24.9 Å². The second-order valence-corrected chi connectivity index (χ2v) is 5.52. The summed E-state index contributed by atoms with van der Waals surface area (Å²) in [7, 11) is -3.69. The Bertz CT molecular complexity index is 666. The molecule has 2 aromatic rings. The molecule has 0 fully saturated rings. The molecule has 0 saturated heterocycles. The van der Waals surface area contributed by atoms with E-state index in [0.29, 0.717) is 18.1 Å². The molecule has 0 radical (unpaired) electrons. The zero-order valence-electron chi connectivity index (χ0n) is 10.5. The maximum Gasteiger partial charge on any atom is 0.263 e. The van der Waals surface area contributed by atoms with Gasteiger partial charge in [0.15, 0.2) is 5.82 Å². The minimum atomic E-state index is -3.69. The molecule has 2 rings (SSSR count). The van der Waals surface area contributed by atoms with E-state index in [0.717, 1.165) is 0 Å². The largest absolute Gasteiger partial charge is 0.370 e. The highest BCUT2D eigenvalue weighted by Crippen LogP contribution is 2.17. The highest BCUT2D eigenvalue weighted by atomic mass is 32.2. The van der Waals surface area contributed by atoms with Gasteiger partial charge < -0.3 is 9.84 Å². The van der Waals surface area contributed by atoms with E-state index >= 15 is 0 Å². The number of nitrogens with one attached hydrogen (secondary N) is 2. The van der Waals surface area contributed by atoms with Crippen molar-refractivity contribution >= 4 is 21.7 Å². The number of aromatic nitrogens is 2. The van der Waals surface area contributed by atoms with Crippen molar-refractivity contribution < 1.29 is 12.9 Å². The second kappa shape index (κ2) is 5.27. The van der Waals surface area contributed by atoms with Crippen LogP contribution < -0.4 is 10.0 Å².